The minimum atomic E-state index is -0.820. The van der Waals surface area contributed by atoms with Crippen molar-refractivity contribution in [2.24, 2.45) is 0 Å². The average molecular weight is 595 g/mol. The maximum atomic E-state index is 7.24. The monoisotopic (exact) mass is 593 g/mol. The molecule has 3 heterocycles. The lowest BCUT2D eigenvalue weighted by molar-refractivity contribution is -0.307. The lowest BCUT2D eigenvalue weighted by Crippen LogP contribution is -2.79. The second-order valence-corrected chi connectivity index (χ2v) is 12.8. The number of halogens is 2. The molecule has 0 unspecified atom stereocenters. The summed E-state index contributed by atoms with van der Waals surface area (Å²) >= 11 is 13.3. The highest BCUT2D eigenvalue weighted by atomic mass is 35.5. The Hall–Kier alpha value is -2.32. The van der Waals surface area contributed by atoms with Crippen molar-refractivity contribution in [1.29, 1.82) is 0 Å². The van der Waals surface area contributed by atoms with Gasteiger partial charge in [0.1, 0.15) is 6.61 Å². The topological polar surface area (TPSA) is 49.4 Å². The molecule has 1 saturated carbocycles. The lowest BCUT2D eigenvalue weighted by atomic mass is 9.48. The molecule has 0 radical (unpaired) electrons. The molecule has 3 aromatic carbocycles. The van der Waals surface area contributed by atoms with Gasteiger partial charge in [-0.1, -0.05) is 65.7 Å². The molecule has 214 valence electrons. The van der Waals surface area contributed by atoms with Crippen LogP contribution in [0.5, 0.6) is 11.5 Å². The van der Waals surface area contributed by atoms with E-state index in [-0.39, 0.29) is 12.1 Å². The molecule has 8 heteroatoms. The van der Waals surface area contributed by atoms with E-state index in [1.807, 2.05) is 36.4 Å². The Kier molecular flexibility index (Phi) is 6.16. The highest BCUT2D eigenvalue weighted by Gasteiger charge is 2.78. The molecule has 2 spiro atoms. The molecule has 5 aliphatic rings. The van der Waals surface area contributed by atoms with Crippen molar-refractivity contribution >= 4 is 23.2 Å². The van der Waals surface area contributed by atoms with Crippen LogP contribution in [0.2, 0.25) is 10.0 Å². The van der Waals surface area contributed by atoms with E-state index in [1.54, 1.807) is 0 Å². The number of rotatable bonds is 6. The van der Waals surface area contributed by atoms with Gasteiger partial charge in [0.05, 0.1) is 30.8 Å². The van der Waals surface area contributed by atoms with E-state index in [0.717, 1.165) is 48.4 Å². The maximum absolute atomic E-state index is 7.24. The van der Waals surface area contributed by atoms with Crippen molar-refractivity contribution in [3.63, 3.8) is 0 Å². The molecule has 8 rings (SSSR count). The molecule has 0 amide bonds. The van der Waals surface area contributed by atoms with Crippen LogP contribution >= 0.6 is 23.2 Å². The SMILES string of the molecule is CN1CC[C@]23c4c5ccc(OCc6ccccc6)c4O[C@H]2C2(CC[C@@]3(OCc3c(Cl)cccc3Cl)[C@@H]1C5)OCCO2. The molecule has 2 aliphatic carbocycles. The van der Waals surface area contributed by atoms with Crippen LogP contribution in [0.1, 0.15) is 41.5 Å². The lowest BCUT2D eigenvalue weighted by Gasteiger charge is -2.66. The first-order chi connectivity index (χ1) is 20.0. The van der Waals surface area contributed by atoms with Crippen LogP contribution in [0.15, 0.2) is 60.7 Å². The molecule has 6 nitrogen and oxygen atoms in total. The molecule has 0 N–H and O–H groups in total. The van der Waals surface area contributed by atoms with Crippen molar-refractivity contribution in [3.8, 4) is 11.5 Å². The molecular weight excluding hydrogens is 561 g/mol. The van der Waals surface area contributed by atoms with Crippen LogP contribution in [0.4, 0.5) is 0 Å². The summed E-state index contributed by atoms with van der Waals surface area (Å²) in [5, 5.41) is 1.24. The summed E-state index contributed by atoms with van der Waals surface area (Å²) in [7, 11) is 2.21. The van der Waals surface area contributed by atoms with Gasteiger partial charge in [-0.3, -0.25) is 0 Å². The zero-order valence-corrected chi connectivity index (χ0v) is 24.5. The van der Waals surface area contributed by atoms with Gasteiger partial charge in [0, 0.05) is 33.6 Å². The quantitative estimate of drug-likeness (QED) is 0.333. The van der Waals surface area contributed by atoms with Gasteiger partial charge in [-0.05, 0) is 62.2 Å². The minimum Gasteiger partial charge on any atom is -0.485 e. The fraction of sp³-hybridized carbons (Fsp3) is 0.455. The van der Waals surface area contributed by atoms with E-state index in [4.69, 9.17) is 46.9 Å². The van der Waals surface area contributed by atoms with Crippen molar-refractivity contribution in [2.75, 3.05) is 26.8 Å². The van der Waals surface area contributed by atoms with Crippen LogP contribution in [-0.2, 0) is 39.3 Å². The third-order valence-electron chi connectivity index (χ3n) is 10.2. The number of likely N-dealkylation sites (tertiary alicyclic amines) is 1. The van der Waals surface area contributed by atoms with Crippen LogP contribution in [0.3, 0.4) is 0 Å². The molecule has 3 aliphatic heterocycles. The first-order valence-corrected chi connectivity index (χ1v) is 15.3. The summed E-state index contributed by atoms with van der Waals surface area (Å²) in [6, 6.07) is 20.3. The van der Waals surface area contributed by atoms with Crippen LogP contribution < -0.4 is 9.47 Å². The summed E-state index contributed by atoms with van der Waals surface area (Å²) < 4.78 is 33.7. The minimum absolute atomic E-state index is 0.150. The van der Waals surface area contributed by atoms with Gasteiger partial charge in [0.2, 0.25) is 5.79 Å². The van der Waals surface area contributed by atoms with Gasteiger partial charge in [0.25, 0.3) is 0 Å². The van der Waals surface area contributed by atoms with Gasteiger partial charge in [-0.15, -0.1) is 0 Å². The fourth-order valence-corrected chi connectivity index (χ4v) is 8.96. The van der Waals surface area contributed by atoms with E-state index >= 15 is 0 Å². The highest BCUT2D eigenvalue weighted by Crippen LogP contribution is 2.69. The highest BCUT2D eigenvalue weighted by molar-refractivity contribution is 6.35. The zero-order valence-electron chi connectivity index (χ0n) is 23.0. The maximum Gasteiger partial charge on any atom is 0.207 e. The molecule has 41 heavy (non-hydrogen) atoms. The van der Waals surface area contributed by atoms with E-state index in [9.17, 15) is 0 Å². The van der Waals surface area contributed by atoms with E-state index < -0.39 is 16.8 Å². The Bertz CT molecular complexity index is 1470. The van der Waals surface area contributed by atoms with Gasteiger partial charge in [-0.2, -0.15) is 0 Å². The van der Waals surface area contributed by atoms with Crippen LogP contribution in [-0.4, -0.2) is 55.2 Å². The van der Waals surface area contributed by atoms with Gasteiger partial charge in [0.15, 0.2) is 17.6 Å². The molecular formula is C33H33Cl2NO5. The second-order valence-electron chi connectivity index (χ2n) is 12.0. The first kappa shape index (κ1) is 26.3. The van der Waals surface area contributed by atoms with E-state index in [2.05, 4.69) is 36.2 Å². The third-order valence-corrected chi connectivity index (χ3v) is 10.9. The Labute approximate surface area is 250 Å². The third kappa shape index (κ3) is 3.65. The fourth-order valence-electron chi connectivity index (χ4n) is 8.45. The Morgan fingerprint density at radius 3 is 2.46 bits per heavy atom. The van der Waals surface area contributed by atoms with E-state index in [1.165, 1.54) is 11.1 Å². The van der Waals surface area contributed by atoms with Gasteiger partial charge >= 0.3 is 0 Å². The second kappa shape index (κ2) is 9.60. The predicted octanol–water partition coefficient (Wildman–Crippen LogP) is 6.32. The molecule has 0 aromatic heterocycles. The summed E-state index contributed by atoms with van der Waals surface area (Å²) in [4.78, 5) is 2.46. The molecule has 3 aromatic rings. The number of likely N-dealkylation sites (N-methyl/N-ethyl adjacent to an activating group) is 1. The van der Waals surface area contributed by atoms with E-state index in [0.29, 0.717) is 42.9 Å². The first-order valence-electron chi connectivity index (χ1n) is 14.5. The van der Waals surface area contributed by atoms with Crippen molar-refractivity contribution < 1.29 is 23.7 Å². The Morgan fingerprint density at radius 1 is 0.902 bits per heavy atom. The Balaban J connectivity index is 1.27. The zero-order chi connectivity index (χ0) is 27.8. The molecule has 3 fully saturated rings. The predicted molar refractivity (Wildman–Crippen MR) is 156 cm³/mol. The molecule has 2 saturated heterocycles. The molecule has 2 bridgehead atoms. The summed E-state index contributed by atoms with van der Waals surface area (Å²) in [6.07, 6.45) is 2.82. The number of hydrogen-bond donors (Lipinski definition) is 0. The summed E-state index contributed by atoms with van der Waals surface area (Å²) in [6.45, 7) is 2.82. The van der Waals surface area contributed by atoms with Crippen LogP contribution in [0, 0.1) is 0 Å². The average Bonchev–Trinajstić information content (AvgIpc) is 3.60. The largest absolute Gasteiger partial charge is 0.485 e. The van der Waals surface area contributed by atoms with Crippen molar-refractivity contribution in [1.82, 2.24) is 4.90 Å². The standard InChI is InChI=1S/C33H33Cl2NO5/c1-36-15-14-31-28-22-10-11-26(37-19-21-6-3-2-4-7-21)29(28)41-30(31)33(38-16-17-39-33)13-12-32(31,27(36)18-22)40-20-23-24(34)8-5-9-25(23)35/h2-11,27,30H,12-20H2,1H3/t27-,30+,31-,32+/m0/s1. The number of piperidine rings is 1. The van der Waals surface area contributed by atoms with Crippen molar-refractivity contribution in [3.05, 3.63) is 93.0 Å². The number of fused-ring (bicyclic) bond motifs is 1. The van der Waals surface area contributed by atoms with Crippen molar-refractivity contribution in [2.45, 2.75) is 67.8 Å². The number of benzene rings is 3. The normalized spacial score (nSPS) is 30.7. The number of hydrogen-bond acceptors (Lipinski definition) is 6. The Morgan fingerprint density at radius 2 is 1.68 bits per heavy atom. The van der Waals surface area contributed by atoms with Gasteiger partial charge in [-0.25, -0.2) is 0 Å². The van der Waals surface area contributed by atoms with Gasteiger partial charge < -0.3 is 28.6 Å². The number of nitrogens with zero attached hydrogens (tertiary/aromatic N) is 1. The summed E-state index contributed by atoms with van der Waals surface area (Å²) in [5.74, 6) is 0.750. The smallest absolute Gasteiger partial charge is 0.207 e. The molecule has 4 atom stereocenters. The number of ether oxygens (including phenoxy) is 5. The van der Waals surface area contributed by atoms with Crippen LogP contribution in [0.25, 0.3) is 0 Å². The summed E-state index contributed by atoms with van der Waals surface area (Å²) in [5.41, 5.74) is 3.40.